The van der Waals surface area contributed by atoms with Gasteiger partial charge in [-0.25, -0.2) is 4.79 Å². The zero-order chi connectivity index (χ0) is 22.8. The fourth-order valence-electron chi connectivity index (χ4n) is 3.60. The number of nitrogens with zero attached hydrogens (tertiary/aromatic N) is 3. The van der Waals surface area contributed by atoms with Crippen LogP contribution in [-0.2, 0) is 4.74 Å². The number of ether oxygens (including phenoxy) is 1. The first kappa shape index (κ1) is 21.6. The summed E-state index contributed by atoms with van der Waals surface area (Å²) in [6.45, 7) is 5.35. The number of benzene rings is 1. The van der Waals surface area contributed by atoms with Gasteiger partial charge in [-0.2, -0.15) is 0 Å². The van der Waals surface area contributed by atoms with E-state index in [1.165, 1.54) is 18.9 Å². The van der Waals surface area contributed by atoms with Gasteiger partial charge in [0, 0.05) is 11.4 Å². The van der Waals surface area contributed by atoms with E-state index in [1.54, 1.807) is 20.1 Å². The number of carbonyl (C=O) groups is 2. The molecule has 9 heteroatoms. The third kappa shape index (κ3) is 3.87. The molecule has 0 aliphatic rings. The molecule has 32 heavy (non-hydrogen) atoms. The lowest BCUT2D eigenvalue weighted by Gasteiger charge is -2.09. The molecular weight excluding hydrogens is 428 g/mol. The van der Waals surface area contributed by atoms with Gasteiger partial charge in [0.1, 0.15) is 5.76 Å². The Hall–Kier alpha value is -3.59. The van der Waals surface area contributed by atoms with E-state index in [-0.39, 0.29) is 11.5 Å². The van der Waals surface area contributed by atoms with Crippen LogP contribution in [0.3, 0.4) is 0 Å². The molecule has 3 heterocycles. The number of rotatable bonds is 7. The highest BCUT2D eigenvalue weighted by Crippen LogP contribution is 2.31. The summed E-state index contributed by atoms with van der Waals surface area (Å²) in [5, 5.41) is 9.29. The quantitative estimate of drug-likeness (QED) is 0.250. The minimum atomic E-state index is -0.466. The molecule has 0 spiro atoms. The molecule has 0 saturated heterocycles. The van der Waals surface area contributed by atoms with Gasteiger partial charge in [-0.3, -0.25) is 9.36 Å². The number of methoxy groups -OCH3 is 1. The zero-order valence-corrected chi connectivity index (χ0v) is 18.9. The number of hydrogen-bond acceptors (Lipinski definition) is 7. The predicted octanol–water partition coefficient (Wildman–Crippen LogP) is 4.54. The Morgan fingerprint density at radius 1 is 1.12 bits per heavy atom. The number of nitrogens with one attached hydrogen (secondary N) is 1. The number of aromatic nitrogens is 4. The van der Waals surface area contributed by atoms with Crippen LogP contribution in [-0.4, -0.2) is 44.4 Å². The maximum atomic E-state index is 13.0. The van der Waals surface area contributed by atoms with E-state index >= 15 is 0 Å². The van der Waals surface area contributed by atoms with Crippen molar-refractivity contribution in [1.82, 2.24) is 19.7 Å². The molecule has 1 N–H and O–H groups in total. The van der Waals surface area contributed by atoms with Crippen LogP contribution in [0.4, 0.5) is 0 Å². The summed E-state index contributed by atoms with van der Waals surface area (Å²) in [7, 11) is 1.32. The molecule has 0 atom stereocenters. The molecule has 0 radical (unpaired) electrons. The number of esters is 1. The van der Waals surface area contributed by atoms with Gasteiger partial charge in [-0.15, -0.1) is 10.2 Å². The monoisotopic (exact) mass is 450 g/mol. The van der Waals surface area contributed by atoms with Crippen molar-refractivity contribution in [2.45, 2.75) is 25.9 Å². The Morgan fingerprint density at radius 2 is 1.88 bits per heavy atom. The van der Waals surface area contributed by atoms with Gasteiger partial charge in [0.05, 0.1) is 35.9 Å². The number of ketones is 1. The molecule has 4 rings (SSSR count). The number of hydrogen-bond donors (Lipinski definition) is 1. The van der Waals surface area contributed by atoms with Crippen LogP contribution in [0.5, 0.6) is 0 Å². The average molecular weight is 451 g/mol. The lowest BCUT2D eigenvalue weighted by molar-refractivity contribution is 0.0599. The van der Waals surface area contributed by atoms with Gasteiger partial charge in [0.25, 0.3) is 0 Å². The van der Waals surface area contributed by atoms with E-state index in [9.17, 15) is 9.59 Å². The molecular formula is C23H22N4O4S. The smallest absolute Gasteiger partial charge is 0.339 e. The van der Waals surface area contributed by atoms with E-state index in [0.717, 1.165) is 17.0 Å². The SMILES string of the molecule is COC(=O)c1c(C)[nH]c(C(=O)CSc2nnc(-c3ccoc3C)n2-c2ccccc2)c1C. The Balaban J connectivity index is 1.65. The third-order valence-corrected chi connectivity index (χ3v) is 6.11. The highest BCUT2D eigenvalue weighted by molar-refractivity contribution is 7.99. The number of H-pyrrole nitrogens is 1. The van der Waals surface area contributed by atoms with Gasteiger partial charge >= 0.3 is 5.97 Å². The minimum Gasteiger partial charge on any atom is -0.469 e. The van der Waals surface area contributed by atoms with Gasteiger partial charge in [-0.1, -0.05) is 30.0 Å². The van der Waals surface area contributed by atoms with Gasteiger partial charge in [0.2, 0.25) is 0 Å². The molecule has 3 aromatic heterocycles. The van der Waals surface area contributed by atoms with Crippen molar-refractivity contribution in [1.29, 1.82) is 0 Å². The number of furan rings is 1. The fraction of sp³-hybridized carbons (Fsp3) is 0.217. The molecule has 1 aromatic carbocycles. The molecule has 0 amide bonds. The lowest BCUT2D eigenvalue weighted by atomic mass is 10.1. The molecule has 0 fully saturated rings. The largest absolute Gasteiger partial charge is 0.469 e. The summed E-state index contributed by atoms with van der Waals surface area (Å²) in [4.78, 5) is 28.0. The molecule has 0 aliphatic carbocycles. The summed E-state index contributed by atoms with van der Waals surface area (Å²) in [6.07, 6.45) is 1.61. The number of thioether (sulfide) groups is 1. The number of Topliss-reactive ketones (excluding diaryl/α,β-unsaturated/α-hetero) is 1. The van der Waals surface area contributed by atoms with Gasteiger partial charge in [0.15, 0.2) is 16.8 Å². The number of aromatic amines is 1. The van der Waals surface area contributed by atoms with Crippen molar-refractivity contribution in [3.63, 3.8) is 0 Å². The lowest BCUT2D eigenvalue weighted by Crippen LogP contribution is -2.08. The van der Waals surface area contributed by atoms with E-state index in [4.69, 9.17) is 9.15 Å². The van der Waals surface area contributed by atoms with E-state index in [1.807, 2.05) is 47.9 Å². The highest BCUT2D eigenvalue weighted by Gasteiger charge is 2.24. The first-order chi connectivity index (χ1) is 15.4. The second kappa shape index (κ2) is 8.88. The molecule has 164 valence electrons. The van der Waals surface area contributed by atoms with Crippen LogP contribution in [0, 0.1) is 20.8 Å². The number of aryl methyl sites for hydroxylation is 2. The van der Waals surface area contributed by atoms with Crippen LogP contribution in [0.1, 0.15) is 37.9 Å². The van der Waals surface area contributed by atoms with Crippen molar-refractivity contribution in [2.75, 3.05) is 12.9 Å². The maximum absolute atomic E-state index is 13.0. The average Bonchev–Trinajstić information content (AvgIpc) is 3.48. The summed E-state index contributed by atoms with van der Waals surface area (Å²) in [5.74, 6) is 0.880. The second-order valence-corrected chi connectivity index (χ2v) is 8.14. The summed E-state index contributed by atoms with van der Waals surface area (Å²) in [5.41, 5.74) is 3.69. The van der Waals surface area contributed by atoms with Crippen LogP contribution in [0.25, 0.3) is 17.1 Å². The van der Waals surface area contributed by atoms with Gasteiger partial charge in [-0.05, 0) is 44.5 Å². The first-order valence-electron chi connectivity index (χ1n) is 9.91. The Morgan fingerprint density at radius 3 is 2.53 bits per heavy atom. The van der Waals surface area contributed by atoms with E-state index < -0.39 is 5.97 Å². The van der Waals surface area contributed by atoms with E-state index in [2.05, 4.69) is 15.2 Å². The van der Waals surface area contributed by atoms with Crippen molar-refractivity contribution >= 4 is 23.5 Å². The normalized spacial score (nSPS) is 11.0. The standard InChI is InChI=1S/C23H22N4O4S/c1-13-19(22(29)30-4)14(2)24-20(13)18(28)12-32-23-26-25-21(17-10-11-31-15(17)3)27(23)16-8-6-5-7-9-16/h5-11,24H,12H2,1-4H3. The topological polar surface area (TPSA) is 103 Å². The Kier molecular flexibility index (Phi) is 6.00. The Bertz CT molecular complexity index is 1290. The van der Waals surface area contributed by atoms with Crippen molar-refractivity contribution in [3.8, 4) is 17.1 Å². The van der Waals surface area contributed by atoms with Crippen molar-refractivity contribution < 1.29 is 18.7 Å². The highest BCUT2D eigenvalue weighted by atomic mass is 32.2. The third-order valence-electron chi connectivity index (χ3n) is 5.19. The molecule has 8 nitrogen and oxygen atoms in total. The second-order valence-electron chi connectivity index (χ2n) is 7.20. The molecule has 0 unspecified atom stereocenters. The van der Waals surface area contributed by atoms with Crippen LogP contribution in [0.15, 0.2) is 52.2 Å². The Labute approximate surface area is 189 Å². The van der Waals surface area contributed by atoms with Crippen molar-refractivity contribution in [3.05, 3.63) is 70.9 Å². The number of para-hydroxylation sites is 1. The maximum Gasteiger partial charge on any atom is 0.339 e. The predicted molar refractivity (Wildman–Crippen MR) is 120 cm³/mol. The van der Waals surface area contributed by atoms with E-state index in [0.29, 0.717) is 33.5 Å². The number of carbonyl (C=O) groups excluding carboxylic acids is 2. The molecule has 4 aromatic rings. The van der Waals surface area contributed by atoms with Crippen LogP contribution in [0.2, 0.25) is 0 Å². The fourth-order valence-corrected chi connectivity index (χ4v) is 4.43. The molecule has 0 saturated carbocycles. The first-order valence-corrected chi connectivity index (χ1v) is 10.9. The summed E-state index contributed by atoms with van der Waals surface area (Å²) >= 11 is 1.28. The van der Waals surface area contributed by atoms with Gasteiger partial charge < -0.3 is 14.1 Å². The van der Waals surface area contributed by atoms with Crippen LogP contribution < -0.4 is 0 Å². The summed E-state index contributed by atoms with van der Waals surface area (Å²) < 4.78 is 12.2. The minimum absolute atomic E-state index is 0.122. The molecule has 0 aliphatic heterocycles. The summed E-state index contributed by atoms with van der Waals surface area (Å²) in [6, 6.07) is 11.5. The van der Waals surface area contributed by atoms with Crippen molar-refractivity contribution in [2.24, 2.45) is 0 Å². The molecule has 0 bridgehead atoms. The van der Waals surface area contributed by atoms with Crippen LogP contribution >= 0.6 is 11.8 Å². The zero-order valence-electron chi connectivity index (χ0n) is 18.1.